The number of rotatable bonds is 3. The van der Waals surface area contributed by atoms with E-state index in [9.17, 15) is 4.79 Å². The summed E-state index contributed by atoms with van der Waals surface area (Å²) in [7, 11) is -1.95. The zero-order valence-electron chi connectivity index (χ0n) is 14.0. The number of pyridine rings is 1. The third-order valence-corrected chi connectivity index (χ3v) is 10.4. The average Bonchev–Trinajstić information content (AvgIpc) is 2.70. The lowest BCUT2D eigenvalue weighted by Gasteiger charge is -2.38. The quantitative estimate of drug-likeness (QED) is 0.384. The topological polar surface area (TPSA) is 39.2 Å². The summed E-state index contributed by atoms with van der Waals surface area (Å²) in [6, 6.07) is 0. The van der Waals surface area contributed by atoms with Gasteiger partial charge in [0.05, 0.1) is 10.6 Å². The van der Waals surface area contributed by atoms with Crippen molar-refractivity contribution in [3.8, 4) is 0 Å². The van der Waals surface area contributed by atoms with Crippen LogP contribution in [0.5, 0.6) is 0 Å². The minimum atomic E-state index is -1.95. The van der Waals surface area contributed by atoms with E-state index < -0.39 is 14.7 Å². The molecule has 0 radical (unpaired) electrons. The van der Waals surface area contributed by atoms with Gasteiger partial charge in [-0.25, -0.2) is 4.98 Å². The molecule has 0 bridgehead atoms. The van der Waals surface area contributed by atoms with Crippen LogP contribution in [0.2, 0.25) is 18.1 Å². The molecule has 0 aliphatic heterocycles. The van der Waals surface area contributed by atoms with Gasteiger partial charge in [0.25, 0.3) is 0 Å². The first-order chi connectivity index (χ1) is 9.99. The Hall–Kier alpha value is -0.0431. The van der Waals surface area contributed by atoms with Gasteiger partial charge in [0.2, 0.25) is 0 Å². The van der Waals surface area contributed by atoms with Gasteiger partial charge in [-0.3, -0.25) is 4.79 Å². The van der Waals surface area contributed by atoms with Gasteiger partial charge in [-0.1, -0.05) is 20.8 Å². The number of aromatic nitrogens is 1. The number of nitrogens with zero attached hydrogens (tertiary/aromatic N) is 1. The minimum absolute atomic E-state index is 0.0994. The number of carbonyl (C=O) groups excluding carboxylic acids is 1. The zero-order chi connectivity index (χ0) is 16.9. The number of fused-ring (bicyclic) bond motifs is 1. The zero-order valence-corrected chi connectivity index (χ0v) is 17.1. The summed E-state index contributed by atoms with van der Waals surface area (Å²) >= 11 is 6.86. The Balaban J connectivity index is 2.37. The lowest BCUT2D eigenvalue weighted by atomic mass is 10.1. The van der Waals surface area contributed by atoms with Crippen LogP contribution in [0, 0.1) is 0 Å². The van der Waals surface area contributed by atoms with Crippen LogP contribution in [0.3, 0.4) is 0 Å². The second kappa shape index (κ2) is 5.87. The number of hydrogen-bond acceptors (Lipinski definition) is 3. The van der Waals surface area contributed by atoms with E-state index in [0.29, 0.717) is 21.2 Å². The van der Waals surface area contributed by atoms with Gasteiger partial charge in [0, 0.05) is 7.77 Å². The fourth-order valence-corrected chi connectivity index (χ4v) is 4.52. The number of halogens is 2. The second-order valence-electron chi connectivity index (χ2n) is 6.90. The van der Waals surface area contributed by atoms with Gasteiger partial charge in [-0.2, -0.15) is 0 Å². The van der Waals surface area contributed by atoms with E-state index in [1.165, 1.54) is 0 Å². The lowest BCUT2D eigenvalue weighted by molar-refractivity contribution is 0.111. The molecule has 1 aliphatic rings. The van der Waals surface area contributed by atoms with Crippen molar-refractivity contribution in [1.29, 1.82) is 0 Å². The normalized spacial score (nSPS) is 22.9. The van der Waals surface area contributed by atoms with Crippen LogP contribution in [-0.4, -0.2) is 25.7 Å². The van der Waals surface area contributed by atoms with Crippen LogP contribution < -0.4 is 0 Å². The predicted molar refractivity (Wildman–Crippen MR) is 94.5 cm³/mol. The van der Waals surface area contributed by atoms with Crippen molar-refractivity contribution in [1.82, 2.24) is 4.98 Å². The van der Waals surface area contributed by atoms with E-state index >= 15 is 0 Å². The van der Waals surface area contributed by atoms with E-state index in [4.69, 9.17) is 5.80 Å². The Morgan fingerprint density at radius 2 is 2.00 bits per heavy atom. The molecule has 2 unspecified atom stereocenters. The molecule has 116 valence electrons. The molecule has 21 heavy (non-hydrogen) atoms. The molecule has 0 saturated heterocycles. The molecular weight excluding hydrogens is 414 g/mol. The Kier molecular flexibility index (Phi) is 4.43. The van der Waals surface area contributed by atoms with Crippen molar-refractivity contribution in [3.05, 3.63) is 25.9 Å². The lowest BCUT2D eigenvalue weighted by Crippen LogP contribution is -2.44. The fourth-order valence-electron chi connectivity index (χ4n) is 2.14. The highest BCUT2D eigenvalue weighted by Crippen LogP contribution is 2.41. The summed E-state index contributed by atoms with van der Waals surface area (Å²) in [6.45, 7) is 11.0. The predicted octanol–water partition coefficient (Wildman–Crippen LogP) is 4.91. The maximum Gasteiger partial charge on any atom is 0.192 e. The summed E-state index contributed by atoms with van der Waals surface area (Å²) < 4.78 is 16.2. The molecule has 1 aromatic rings. The molecule has 0 amide bonds. The Morgan fingerprint density at radius 1 is 1.38 bits per heavy atom. The Morgan fingerprint density at radius 3 is 2.52 bits per heavy atom. The van der Waals surface area contributed by atoms with Gasteiger partial charge in [0.1, 0.15) is 10.3 Å². The van der Waals surface area contributed by atoms with Crippen molar-refractivity contribution in [2.45, 2.75) is 57.8 Å². The van der Waals surface area contributed by atoms with Gasteiger partial charge in [-0.15, -0.1) is 0 Å². The Bertz CT molecular complexity index is 617. The molecule has 1 aromatic heterocycles. The molecule has 6 heteroatoms. The molecule has 0 N–H and O–H groups in total. The summed E-state index contributed by atoms with van der Waals surface area (Å²) in [5.74, 6) is 0. The van der Waals surface area contributed by atoms with E-state index in [1.807, 2.05) is 0 Å². The smallest absolute Gasteiger partial charge is 0.192 e. The molecule has 0 fully saturated rings. The largest absolute Gasteiger partial charge is 0.413 e. The highest BCUT2D eigenvalue weighted by molar-refractivity contribution is 9.11. The third-order valence-electron chi connectivity index (χ3n) is 4.38. The van der Waals surface area contributed by atoms with Crippen molar-refractivity contribution < 1.29 is 10.6 Å². The maximum atomic E-state index is 11.1. The van der Waals surface area contributed by atoms with Crippen molar-refractivity contribution in [3.63, 3.8) is 0 Å². The molecule has 2 rings (SSSR count). The number of hydrogen-bond donors (Lipinski definition) is 0. The monoisotopic (exact) mass is 434 g/mol. The van der Waals surface area contributed by atoms with Crippen molar-refractivity contribution >= 4 is 46.5 Å². The van der Waals surface area contributed by atoms with Gasteiger partial charge >= 0.3 is 0 Å². The maximum absolute atomic E-state index is 11.1. The van der Waals surface area contributed by atoms with Crippen LogP contribution >= 0.6 is 31.9 Å². The van der Waals surface area contributed by atoms with E-state index in [-0.39, 0.29) is 11.1 Å². The molecule has 1 aliphatic carbocycles. The van der Waals surface area contributed by atoms with E-state index in [1.54, 1.807) is 0 Å². The van der Waals surface area contributed by atoms with Crippen LogP contribution in [0.15, 0.2) is 9.08 Å². The van der Waals surface area contributed by atoms with Gasteiger partial charge < -0.3 is 4.43 Å². The first-order valence-electron chi connectivity index (χ1n) is 7.50. The first kappa shape index (κ1) is 15.8. The van der Waals surface area contributed by atoms with Gasteiger partial charge in [-0.05, 0) is 67.5 Å². The van der Waals surface area contributed by atoms with Gasteiger partial charge in [0.15, 0.2) is 14.6 Å². The highest BCUT2D eigenvalue weighted by Gasteiger charge is 2.41. The summed E-state index contributed by atoms with van der Waals surface area (Å²) in [4.78, 5) is 15.3. The van der Waals surface area contributed by atoms with Crippen LogP contribution in [0.25, 0.3) is 0 Å². The summed E-state index contributed by atoms with van der Waals surface area (Å²) in [6.07, 6.45) is 0.699. The van der Waals surface area contributed by atoms with Crippen LogP contribution in [-0.2, 0) is 17.2 Å². The van der Waals surface area contributed by atoms with E-state index in [2.05, 4.69) is 70.7 Å². The van der Waals surface area contributed by atoms with Crippen molar-refractivity contribution in [2.75, 3.05) is 0 Å². The SMILES string of the molecule is [2H]C1c2c(Br)nc(C=O)c(Br)c2CC1O[Si](C)(C)C(C)(C)C. The second-order valence-corrected chi connectivity index (χ2v) is 13.2. The fraction of sp³-hybridized carbons (Fsp3) is 0.600. The molecule has 0 saturated carbocycles. The van der Waals surface area contributed by atoms with Crippen molar-refractivity contribution in [2.24, 2.45) is 0 Å². The molecule has 0 spiro atoms. The molecule has 2 atom stereocenters. The minimum Gasteiger partial charge on any atom is -0.413 e. The third kappa shape index (κ3) is 3.33. The average molecular weight is 436 g/mol. The standard InChI is InChI=1S/C15H21Br2NO2Si/c1-15(2,3)21(4,5)20-9-6-10-11(7-9)14(17)18-12(8-19)13(10)16/h8-9H,6-7H2,1-5H3/i7D. The molecule has 1 heterocycles. The number of carbonyl (C=O) groups is 1. The summed E-state index contributed by atoms with van der Waals surface area (Å²) in [5, 5.41) is 0.0994. The van der Waals surface area contributed by atoms with Crippen LogP contribution in [0.1, 0.15) is 43.8 Å². The molecule has 3 nitrogen and oxygen atoms in total. The number of aldehydes is 1. The Labute approximate surface area is 145 Å². The summed E-state index contributed by atoms with van der Waals surface area (Å²) in [5.41, 5.74) is 2.17. The molecular formula is C15H21Br2NO2Si. The first-order valence-corrected chi connectivity index (χ1v) is 11.4. The van der Waals surface area contributed by atoms with E-state index in [0.717, 1.165) is 17.4 Å². The van der Waals surface area contributed by atoms with Crippen LogP contribution in [0.4, 0.5) is 0 Å². The molecule has 0 aromatic carbocycles. The highest BCUT2D eigenvalue weighted by atomic mass is 79.9.